The van der Waals surface area contributed by atoms with Gasteiger partial charge in [0.15, 0.2) is 5.78 Å². The van der Waals surface area contributed by atoms with Crippen LogP contribution < -0.4 is 0 Å². The second-order valence-corrected chi connectivity index (χ2v) is 8.53. The minimum absolute atomic E-state index is 0.139. The molecule has 1 aromatic heterocycles. The second-order valence-electron chi connectivity index (χ2n) is 8.53. The first-order valence-electron chi connectivity index (χ1n) is 12.0. The van der Waals surface area contributed by atoms with E-state index in [0.717, 1.165) is 32.4 Å². The van der Waals surface area contributed by atoms with Crippen molar-refractivity contribution in [1.29, 1.82) is 0 Å². The van der Waals surface area contributed by atoms with Crippen LogP contribution in [0.1, 0.15) is 120 Å². The van der Waals surface area contributed by atoms with E-state index < -0.39 is 0 Å². The quantitative estimate of drug-likeness (QED) is 0.285. The zero-order valence-electron chi connectivity index (χ0n) is 18.7. The van der Waals surface area contributed by atoms with Crippen LogP contribution in [0.5, 0.6) is 0 Å². The van der Waals surface area contributed by atoms with Gasteiger partial charge in [-0.3, -0.25) is 14.3 Å². The molecule has 0 saturated carbocycles. The molecule has 0 unspecified atom stereocenters. The topological polar surface area (TPSA) is 55.2 Å². The first kappa shape index (κ1) is 23.6. The van der Waals surface area contributed by atoms with Crippen LogP contribution in [0.3, 0.4) is 0 Å². The molecular weight excluding hydrogens is 362 g/mol. The smallest absolute Gasteiger partial charge is 0.222 e. The summed E-state index contributed by atoms with van der Waals surface area (Å²) in [5.41, 5.74) is 0.701. The number of Topliss-reactive ketones (excluding diaryl/α,β-unsaturated/α-hetero) is 1. The van der Waals surface area contributed by atoms with Crippen molar-refractivity contribution in [3.05, 3.63) is 18.0 Å². The van der Waals surface area contributed by atoms with Gasteiger partial charge in [0.25, 0.3) is 0 Å². The minimum atomic E-state index is 0.139. The average molecular weight is 404 g/mol. The molecule has 2 rings (SSSR count). The number of likely N-dealkylation sites (tertiary alicyclic amines) is 1. The Morgan fingerprint density at radius 1 is 0.931 bits per heavy atom. The van der Waals surface area contributed by atoms with Crippen molar-refractivity contribution >= 4 is 11.7 Å². The van der Waals surface area contributed by atoms with E-state index in [9.17, 15) is 9.59 Å². The maximum absolute atomic E-state index is 12.5. The van der Waals surface area contributed by atoms with Gasteiger partial charge in [-0.2, -0.15) is 5.10 Å². The summed E-state index contributed by atoms with van der Waals surface area (Å²) in [6, 6.07) is 0.301. The highest BCUT2D eigenvalue weighted by Gasteiger charge is 2.24. The van der Waals surface area contributed by atoms with Gasteiger partial charge >= 0.3 is 0 Å². The average Bonchev–Trinajstić information content (AvgIpc) is 3.25. The lowest BCUT2D eigenvalue weighted by molar-refractivity contribution is -0.132. The van der Waals surface area contributed by atoms with Gasteiger partial charge in [-0.15, -0.1) is 0 Å². The number of carbonyl (C=O) groups excluding carboxylic acids is 2. The molecule has 5 heteroatoms. The van der Waals surface area contributed by atoms with Crippen LogP contribution in [-0.4, -0.2) is 39.5 Å². The van der Waals surface area contributed by atoms with Crippen molar-refractivity contribution in [1.82, 2.24) is 14.7 Å². The molecule has 29 heavy (non-hydrogen) atoms. The molecule has 1 aliphatic rings. The molecule has 0 bridgehead atoms. The molecule has 1 aliphatic heterocycles. The number of rotatable bonds is 14. The third kappa shape index (κ3) is 8.31. The Hall–Kier alpha value is -1.65. The summed E-state index contributed by atoms with van der Waals surface area (Å²) in [6.07, 6.45) is 19.6. The van der Waals surface area contributed by atoms with Gasteiger partial charge in [0.05, 0.1) is 17.8 Å². The minimum Gasteiger partial charge on any atom is -0.343 e. The number of amides is 1. The van der Waals surface area contributed by atoms with Gasteiger partial charge in [-0.05, 0) is 19.3 Å². The molecule has 5 nitrogen and oxygen atoms in total. The Bertz CT molecular complexity index is 603. The number of aromatic nitrogens is 2. The molecular formula is C24H41N3O2. The number of piperidine rings is 1. The molecule has 0 aliphatic carbocycles. The highest BCUT2D eigenvalue weighted by molar-refractivity contribution is 5.95. The van der Waals surface area contributed by atoms with Gasteiger partial charge in [0.2, 0.25) is 5.91 Å². The van der Waals surface area contributed by atoms with Crippen LogP contribution in [0.15, 0.2) is 12.4 Å². The normalized spacial score (nSPS) is 15.0. The standard InChI is InChI=1S/C24H41N3O2/c1-3-5-6-7-8-9-10-11-12-13-14-24(29)26-17-15-22(16-18-26)27-20-21(19-25-27)23(28)4-2/h19-20,22H,3-18H2,1-2H3. The summed E-state index contributed by atoms with van der Waals surface area (Å²) in [4.78, 5) is 26.3. The molecule has 1 fully saturated rings. The summed E-state index contributed by atoms with van der Waals surface area (Å²) in [5.74, 6) is 0.450. The number of hydrogen-bond donors (Lipinski definition) is 0. The number of hydrogen-bond acceptors (Lipinski definition) is 3. The summed E-state index contributed by atoms with van der Waals surface area (Å²) < 4.78 is 1.92. The van der Waals surface area contributed by atoms with Crippen molar-refractivity contribution in [3.8, 4) is 0 Å². The molecule has 0 radical (unpaired) electrons. The highest BCUT2D eigenvalue weighted by Crippen LogP contribution is 2.23. The van der Waals surface area contributed by atoms with Crippen LogP contribution in [-0.2, 0) is 4.79 Å². The Morgan fingerprint density at radius 3 is 2.10 bits per heavy atom. The van der Waals surface area contributed by atoms with E-state index in [1.807, 2.05) is 22.7 Å². The summed E-state index contributed by atoms with van der Waals surface area (Å²) in [5, 5.41) is 4.38. The lowest BCUT2D eigenvalue weighted by Crippen LogP contribution is -2.39. The van der Waals surface area contributed by atoms with Gasteiger partial charge < -0.3 is 4.90 Å². The lowest BCUT2D eigenvalue weighted by atomic mass is 10.0. The molecule has 1 aromatic rings. The maximum atomic E-state index is 12.5. The van der Waals surface area contributed by atoms with E-state index in [2.05, 4.69) is 12.0 Å². The molecule has 2 heterocycles. The fraction of sp³-hybridized carbons (Fsp3) is 0.792. The molecule has 1 saturated heterocycles. The second kappa shape index (κ2) is 13.6. The number of nitrogens with zero attached hydrogens (tertiary/aromatic N) is 3. The van der Waals surface area contributed by atoms with Crippen molar-refractivity contribution in [2.45, 2.75) is 110 Å². The molecule has 164 valence electrons. The Labute approximate surface area is 177 Å². The summed E-state index contributed by atoms with van der Waals surface area (Å²) >= 11 is 0. The summed E-state index contributed by atoms with van der Waals surface area (Å²) in [6.45, 7) is 5.74. The molecule has 0 N–H and O–H groups in total. The van der Waals surface area contributed by atoms with E-state index in [-0.39, 0.29) is 5.78 Å². The Kier molecular flexibility index (Phi) is 11.0. The SMILES string of the molecule is CCCCCCCCCCCCC(=O)N1CCC(n2cc(C(=O)CC)cn2)CC1. The third-order valence-electron chi connectivity index (χ3n) is 6.18. The number of ketones is 1. The molecule has 0 spiro atoms. The fourth-order valence-electron chi connectivity index (χ4n) is 4.19. The first-order chi connectivity index (χ1) is 14.2. The number of carbonyl (C=O) groups is 2. The molecule has 0 aromatic carbocycles. The lowest BCUT2D eigenvalue weighted by Gasteiger charge is -2.32. The first-order valence-corrected chi connectivity index (χ1v) is 12.0. The van der Waals surface area contributed by atoms with E-state index >= 15 is 0 Å². The van der Waals surface area contributed by atoms with E-state index in [1.54, 1.807) is 6.20 Å². The predicted octanol–water partition coefficient (Wildman–Crippen LogP) is 5.95. The van der Waals surface area contributed by atoms with Crippen molar-refractivity contribution < 1.29 is 9.59 Å². The van der Waals surface area contributed by atoms with Gasteiger partial charge in [-0.25, -0.2) is 0 Å². The zero-order chi connectivity index (χ0) is 20.9. The van der Waals surface area contributed by atoms with E-state index in [0.29, 0.717) is 30.4 Å². The van der Waals surface area contributed by atoms with E-state index in [4.69, 9.17) is 0 Å². The van der Waals surface area contributed by atoms with Crippen LogP contribution in [0.4, 0.5) is 0 Å². The monoisotopic (exact) mass is 403 g/mol. The van der Waals surface area contributed by atoms with Crippen molar-refractivity contribution in [2.24, 2.45) is 0 Å². The maximum Gasteiger partial charge on any atom is 0.222 e. The highest BCUT2D eigenvalue weighted by atomic mass is 16.2. The fourth-order valence-corrected chi connectivity index (χ4v) is 4.19. The van der Waals surface area contributed by atoms with Gasteiger partial charge in [0.1, 0.15) is 0 Å². The molecule has 0 atom stereocenters. The van der Waals surface area contributed by atoms with Crippen molar-refractivity contribution in [2.75, 3.05) is 13.1 Å². The number of unbranched alkanes of at least 4 members (excludes halogenated alkanes) is 9. The zero-order valence-corrected chi connectivity index (χ0v) is 18.7. The van der Waals surface area contributed by atoms with Gasteiger partial charge in [0, 0.05) is 32.1 Å². The van der Waals surface area contributed by atoms with Crippen molar-refractivity contribution in [3.63, 3.8) is 0 Å². The van der Waals surface area contributed by atoms with Gasteiger partial charge in [-0.1, -0.05) is 71.6 Å². The third-order valence-corrected chi connectivity index (χ3v) is 6.18. The largest absolute Gasteiger partial charge is 0.343 e. The summed E-state index contributed by atoms with van der Waals surface area (Å²) in [7, 11) is 0. The Morgan fingerprint density at radius 2 is 1.52 bits per heavy atom. The van der Waals surface area contributed by atoms with Crippen LogP contribution >= 0.6 is 0 Å². The van der Waals surface area contributed by atoms with Crippen LogP contribution in [0.2, 0.25) is 0 Å². The molecule has 1 amide bonds. The Balaban J connectivity index is 1.54. The van der Waals surface area contributed by atoms with Crippen LogP contribution in [0.25, 0.3) is 0 Å². The van der Waals surface area contributed by atoms with E-state index in [1.165, 1.54) is 57.8 Å². The van der Waals surface area contributed by atoms with Crippen LogP contribution in [0, 0.1) is 0 Å². The predicted molar refractivity (Wildman–Crippen MR) is 118 cm³/mol.